The molecule has 0 saturated carbocycles. The number of halogens is 2. The van der Waals surface area contributed by atoms with Crippen LogP contribution in [0.5, 0.6) is 46.0 Å². The molecule has 0 saturated heterocycles. The summed E-state index contributed by atoms with van der Waals surface area (Å²) < 4.78 is 62.5. The van der Waals surface area contributed by atoms with Crippen LogP contribution in [-0.4, -0.2) is 94.8 Å². The van der Waals surface area contributed by atoms with Crippen LogP contribution in [0.2, 0.25) is 0 Å². The van der Waals surface area contributed by atoms with Crippen LogP contribution in [0.15, 0.2) is 144 Å². The number of methoxy groups -OCH3 is 4. The number of carbonyl (C=O) groups excluding carboxylic acids is 1. The maximum absolute atomic E-state index is 13.5. The Hall–Kier alpha value is -10.8. The van der Waals surface area contributed by atoms with Crippen molar-refractivity contribution in [3.05, 3.63) is 184 Å². The van der Waals surface area contributed by atoms with Crippen molar-refractivity contribution in [3.63, 3.8) is 0 Å². The number of hydrogen-bond acceptors (Lipinski definition) is 19. The summed E-state index contributed by atoms with van der Waals surface area (Å²) in [6.07, 6.45) is 12.0. The number of anilines is 1. The van der Waals surface area contributed by atoms with E-state index in [-0.39, 0.29) is 47.1 Å². The normalized spacial score (nSPS) is 10.8. The number of rotatable bonds is 16. The maximum atomic E-state index is 13.5. The molecule has 83 heavy (non-hydrogen) atoms. The Morgan fingerprint density at radius 3 is 1.33 bits per heavy atom. The Kier molecular flexibility index (Phi) is 18.3. The summed E-state index contributed by atoms with van der Waals surface area (Å²) in [5, 5.41) is 18.6. The van der Waals surface area contributed by atoms with Gasteiger partial charge in [-0.25, -0.2) is 33.5 Å². The second-order valence-electron chi connectivity index (χ2n) is 18.4. The van der Waals surface area contributed by atoms with E-state index in [2.05, 4.69) is 40.1 Å². The first-order valence-corrected chi connectivity index (χ1v) is 25.2. The van der Waals surface area contributed by atoms with Crippen molar-refractivity contribution in [1.82, 2.24) is 49.5 Å². The van der Waals surface area contributed by atoms with Crippen molar-refractivity contribution >= 4 is 39.5 Å². The number of nitrogen functional groups attached to an aromatic ring is 1. The molecular formula is C59H53F2N11O11. The number of carboxylic acids is 1. The first-order valence-electron chi connectivity index (χ1n) is 25.2. The van der Waals surface area contributed by atoms with Gasteiger partial charge in [-0.15, -0.1) is 0 Å². The van der Waals surface area contributed by atoms with Crippen molar-refractivity contribution in [2.45, 2.75) is 46.2 Å². The molecule has 0 aliphatic carbocycles. The van der Waals surface area contributed by atoms with Crippen LogP contribution in [0.3, 0.4) is 0 Å². The average molecular weight is 1130 g/mol. The van der Waals surface area contributed by atoms with Crippen LogP contribution in [0.4, 0.5) is 14.7 Å². The SMILES string of the molecule is CC(C)n1cc(-c2ccc(F)cc2)c(=O)c(C(=O)O)n1.COc1cc2nccc(Oc3cnc(CC(=O)c4nn(C(C)C)cc(-c5ccc(F)cc5)c4=O)nc3)c2cc1OC.COc1cc2nccc(Oc3cnc(N)nc3)c2cc1OC. The van der Waals surface area contributed by atoms with Crippen molar-refractivity contribution in [2.75, 3.05) is 34.2 Å². The number of aromatic carboxylic acids is 1. The van der Waals surface area contributed by atoms with Crippen LogP contribution < -0.4 is 45.0 Å². The Morgan fingerprint density at radius 2 is 0.928 bits per heavy atom. The van der Waals surface area contributed by atoms with E-state index in [0.29, 0.717) is 68.0 Å². The van der Waals surface area contributed by atoms with E-state index in [1.165, 1.54) is 88.9 Å². The second kappa shape index (κ2) is 26.0. The van der Waals surface area contributed by atoms with Gasteiger partial charge in [0, 0.05) is 70.9 Å². The smallest absolute Gasteiger partial charge is 0.360 e. The van der Waals surface area contributed by atoms with Gasteiger partial charge in [-0.1, -0.05) is 24.3 Å². The molecule has 6 heterocycles. The molecule has 24 heteroatoms. The molecule has 4 aromatic carbocycles. The summed E-state index contributed by atoms with van der Waals surface area (Å²) in [4.78, 5) is 74.7. The van der Waals surface area contributed by atoms with Crippen molar-refractivity contribution in [2.24, 2.45) is 0 Å². The maximum Gasteiger partial charge on any atom is 0.360 e. The number of aromatic nitrogens is 10. The quantitative estimate of drug-likeness (QED) is 0.0851. The van der Waals surface area contributed by atoms with Gasteiger partial charge in [0.2, 0.25) is 22.5 Å². The zero-order valence-corrected chi connectivity index (χ0v) is 45.9. The van der Waals surface area contributed by atoms with Gasteiger partial charge in [-0.3, -0.25) is 33.7 Å². The average Bonchev–Trinajstić information content (AvgIpc) is 3.68. The van der Waals surface area contributed by atoms with E-state index in [9.17, 15) is 28.0 Å². The number of carboxylic acid groups (broad SMARTS) is 1. The van der Waals surface area contributed by atoms with E-state index < -0.39 is 39.9 Å². The third-order valence-corrected chi connectivity index (χ3v) is 12.2. The number of carbonyl (C=O) groups is 2. The number of Topliss-reactive ketones (excluding diaryl/α,β-unsaturated/α-hetero) is 1. The zero-order chi connectivity index (χ0) is 59.5. The lowest BCUT2D eigenvalue weighted by Gasteiger charge is -2.13. The van der Waals surface area contributed by atoms with E-state index in [4.69, 9.17) is 39.3 Å². The molecule has 0 fully saturated rings. The van der Waals surface area contributed by atoms with E-state index in [0.717, 1.165) is 10.9 Å². The molecule has 0 bridgehead atoms. The summed E-state index contributed by atoms with van der Waals surface area (Å²) in [6.45, 7) is 7.39. The molecule has 0 radical (unpaired) electrons. The molecule has 0 amide bonds. The van der Waals surface area contributed by atoms with Gasteiger partial charge in [0.25, 0.3) is 0 Å². The van der Waals surface area contributed by atoms with Crippen LogP contribution in [-0.2, 0) is 6.42 Å². The summed E-state index contributed by atoms with van der Waals surface area (Å²) in [5.74, 6) is 1.81. The molecular weight excluding hydrogens is 1080 g/mol. The molecule has 0 aliphatic rings. The van der Waals surface area contributed by atoms with E-state index in [1.54, 1.807) is 77.4 Å². The minimum atomic E-state index is -1.38. The minimum absolute atomic E-state index is 0.104. The lowest BCUT2D eigenvalue weighted by atomic mass is 10.0. The number of nitrogens with zero attached hydrogens (tertiary/aromatic N) is 10. The van der Waals surface area contributed by atoms with Crippen molar-refractivity contribution < 1.29 is 51.9 Å². The van der Waals surface area contributed by atoms with Gasteiger partial charge in [-0.05, 0) is 87.4 Å². The Balaban J connectivity index is 0.000000180. The molecule has 6 aromatic heterocycles. The third kappa shape index (κ3) is 13.8. The van der Waals surface area contributed by atoms with Gasteiger partial charge in [0.1, 0.15) is 29.0 Å². The zero-order valence-electron chi connectivity index (χ0n) is 45.9. The van der Waals surface area contributed by atoms with Gasteiger partial charge >= 0.3 is 5.97 Å². The highest BCUT2D eigenvalue weighted by Gasteiger charge is 2.22. The lowest BCUT2D eigenvalue weighted by molar-refractivity contribution is 0.0685. The highest BCUT2D eigenvalue weighted by Crippen LogP contribution is 2.38. The first kappa shape index (κ1) is 58.4. The van der Waals surface area contributed by atoms with Crippen LogP contribution in [0.25, 0.3) is 44.1 Å². The van der Waals surface area contributed by atoms with Gasteiger partial charge in [0.15, 0.2) is 46.0 Å². The number of nitrogens with two attached hydrogens (primary N) is 1. The fourth-order valence-electron chi connectivity index (χ4n) is 7.96. The number of hydrogen-bond donors (Lipinski definition) is 2. The largest absolute Gasteiger partial charge is 0.493 e. The Morgan fingerprint density at radius 1 is 0.542 bits per heavy atom. The molecule has 0 spiro atoms. The van der Waals surface area contributed by atoms with Crippen LogP contribution in [0.1, 0.15) is 66.6 Å². The highest BCUT2D eigenvalue weighted by atomic mass is 19.1. The number of pyridine rings is 2. The Bertz CT molecular complexity index is 4090. The standard InChI is InChI=1S/C30H26FN5O5.C15H14N4O3.C14H13FN2O3/c1-17(2)36-16-22(18-5-7-19(31)8-6-18)30(38)29(35-36)24(37)13-28-33-14-20(15-34-28)41-25-9-10-32-23-12-27(40-4)26(39-3)11-21(23)25;1-20-13-5-10-11(6-14(13)21-2)17-4-3-12(10)22-9-7-18-15(16)19-8-9;1-8(2)17-7-11(9-3-5-10(15)6-4-9)13(18)12(16-17)14(19)20/h5-12,14-17H,13H2,1-4H3;3-8H,1-2H3,(H2,16,18,19);3-8H,1-2H3,(H,19,20). The van der Waals surface area contributed by atoms with E-state index in [1.807, 2.05) is 33.8 Å². The highest BCUT2D eigenvalue weighted by molar-refractivity contribution is 5.96. The van der Waals surface area contributed by atoms with Gasteiger partial charge in [0.05, 0.1) is 70.7 Å². The lowest BCUT2D eigenvalue weighted by Crippen LogP contribution is -2.26. The van der Waals surface area contributed by atoms with Gasteiger partial charge in [-0.2, -0.15) is 10.2 Å². The molecule has 10 aromatic rings. The van der Waals surface area contributed by atoms with Crippen molar-refractivity contribution in [3.8, 4) is 68.2 Å². The fourth-order valence-corrected chi connectivity index (χ4v) is 7.96. The topological polar surface area (TPSA) is 283 Å². The predicted molar refractivity (Wildman–Crippen MR) is 302 cm³/mol. The van der Waals surface area contributed by atoms with E-state index >= 15 is 0 Å². The molecule has 3 N–H and O–H groups in total. The first-order chi connectivity index (χ1) is 39.9. The van der Waals surface area contributed by atoms with Crippen LogP contribution in [0, 0.1) is 11.6 Å². The Labute approximate surface area is 471 Å². The molecule has 0 aliphatic heterocycles. The monoisotopic (exact) mass is 1130 g/mol. The predicted octanol–water partition coefficient (Wildman–Crippen LogP) is 9.95. The summed E-state index contributed by atoms with van der Waals surface area (Å²) in [7, 11) is 6.25. The second-order valence-corrected chi connectivity index (χ2v) is 18.4. The molecule has 22 nitrogen and oxygen atoms in total. The van der Waals surface area contributed by atoms with Crippen molar-refractivity contribution in [1.29, 1.82) is 0 Å². The summed E-state index contributed by atoms with van der Waals surface area (Å²) in [5.41, 5.74) is 6.21. The number of fused-ring (bicyclic) bond motifs is 2. The minimum Gasteiger partial charge on any atom is -0.493 e. The summed E-state index contributed by atoms with van der Waals surface area (Å²) in [6, 6.07) is 21.1. The van der Waals surface area contributed by atoms with Crippen LogP contribution >= 0.6 is 0 Å². The molecule has 0 atom stereocenters. The number of ketones is 1. The third-order valence-electron chi connectivity index (χ3n) is 12.2. The summed E-state index contributed by atoms with van der Waals surface area (Å²) >= 11 is 0. The molecule has 10 rings (SSSR count). The molecule has 0 unspecified atom stereocenters. The van der Waals surface area contributed by atoms with Gasteiger partial charge < -0.3 is 39.3 Å². The number of ether oxygens (including phenoxy) is 6. The number of benzene rings is 4. The fraction of sp³-hybridized carbons (Fsp3) is 0.186. The molecule has 424 valence electrons.